The molecule has 0 fully saturated rings. The Kier molecular flexibility index (Phi) is 6.83. The first-order chi connectivity index (χ1) is 28.3. The van der Waals surface area contributed by atoms with Gasteiger partial charge in [0, 0.05) is 49.0 Å². The Balaban J connectivity index is 1.07. The average molecular weight is 731 g/mol. The summed E-state index contributed by atoms with van der Waals surface area (Å²) in [5, 5.41) is 6.50. The second kappa shape index (κ2) is 12.3. The molecule has 266 valence electrons. The van der Waals surface area contributed by atoms with Gasteiger partial charge in [0.1, 0.15) is 16.7 Å². The van der Waals surface area contributed by atoms with Crippen LogP contribution in [0.2, 0.25) is 0 Å². The molecule has 4 aromatic heterocycles. The predicted molar refractivity (Wildman–Crippen MR) is 230 cm³/mol. The van der Waals surface area contributed by atoms with E-state index >= 15 is 0 Å². The first-order valence-corrected chi connectivity index (χ1v) is 19.0. The number of hydrogen-bond acceptors (Lipinski definition) is 5. The fraction of sp³-hybridized carbons (Fsp3) is 0. The van der Waals surface area contributed by atoms with Crippen LogP contribution in [0.25, 0.3) is 117 Å². The molecule has 0 aliphatic rings. The van der Waals surface area contributed by atoms with E-state index in [9.17, 15) is 0 Å². The van der Waals surface area contributed by atoms with Gasteiger partial charge in [-0.25, -0.2) is 15.0 Å². The predicted octanol–water partition coefficient (Wildman–Crippen LogP) is 13.4. The van der Waals surface area contributed by atoms with Gasteiger partial charge < -0.3 is 13.4 Å². The van der Waals surface area contributed by atoms with Crippen molar-refractivity contribution in [3.63, 3.8) is 0 Å². The van der Waals surface area contributed by atoms with E-state index in [-0.39, 0.29) is 0 Å². The molecule has 0 saturated heterocycles. The van der Waals surface area contributed by atoms with Crippen LogP contribution in [0.4, 0.5) is 0 Å². The van der Waals surface area contributed by atoms with Crippen molar-refractivity contribution in [2.75, 3.05) is 0 Å². The zero-order chi connectivity index (χ0) is 37.5. The Morgan fingerprint density at radius 1 is 0.351 bits per heavy atom. The lowest BCUT2D eigenvalue weighted by atomic mass is 9.96. The Bertz CT molecular complexity index is 3410. The summed E-state index contributed by atoms with van der Waals surface area (Å²) in [6.07, 6.45) is 0. The lowest BCUT2D eigenvalue weighted by Gasteiger charge is -2.10. The first-order valence-electron chi connectivity index (χ1n) is 19.0. The van der Waals surface area contributed by atoms with E-state index in [1.165, 1.54) is 10.8 Å². The largest absolute Gasteiger partial charge is 0.456 e. The number of benzene rings is 8. The van der Waals surface area contributed by atoms with Crippen LogP contribution in [0.3, 0.4) is 0 Å². The highest BCUT2D eigenvalue weighted by atomic mass is 16.3. The zero-order valence-electron chi connectivity index (χ0n) is 30.4. The molecule has 12 rings (SSSR count). The number of para-hydroxylation sites is 3. The summed E-state index contributed by atoms with van der Waals surface area (Å²) in [6, 6.07) is 62.5. The molecule has 0 aliphatic heterocycles. The summed E-state index contributed by atoms with van der Waals surface area (Å²) >= 11 is 0. The van der Waals surface area contributed by atoms with Crippen LogP contribution in [0.5, 0.6) is 0 Å². The second-order valence-corrected chi connectivity index (χ2v) is 14.3. The Labute approximate surface area is 325 Å². The molecule has 6 nitrogen and oxygen atoms in total. The molecule has 0 amide bonds. The van der Waals surface area contributed by atoms with Crippen LogP contribution in [0.1, 0.15) is 0 Å². The van der Waals surface area contributed by atoms with E-state index in [2.05, 4.69) is 108 Å². The average Bonchev–Trinajstić information content (AvgIpc) is 3.96. The summed E-state index contributed by atoms with van der Waals surface area (Å²) in [4.78, 5) is 15.1. The minimum Gasteiger partial charge on any atom is -0.456 e. The molecule has 0 aliphatic carbocycles. The molecule has 0 N–H and O–H groups in total. The second-order valence-electron chi connectivity index (χ2n) is 14.3. The normalized spacial score (nSPS) is 11.9. The van der Waals surface area contributed by atoms with Crippen LogP contribution >= 0.6 is 0 Å². The fourth-order valence-corrected chi connectivity index (χ4v) is 8.53. The van der Waals surface area contributed by atoms with Crippen molar-refractivity contribution in [2.24, 2.45) is 0 Å². The molecule has 6 heteroatoms. The molecule has 0 saturated carbocycles. The van der Waals surface area contributed by atoms with Gasteiger partial charge in [0.05, 0.1) is 16.7 Å². The van der Waals surface area contributed by atoms with E-state index in [4.69, 9.17) is 23.8 Å². The minimum absolute atomic E-state index is 0.583. The number of rotatable bonds is 5. The third-order valence-electron chi connectivity index (χ3n) is 11.1. The van der Waals surface area contributed by atoms with Crippen molar-refractivity contribution in [1.29, 1.82) is 0 Å². The molecule has 0 unspecified atom stereocenters. The van der Waals surface area contributed by atoms with E-state index in [1.807, 2.05) is 78.9 Å². The molecular formula is C51H30N4O2. The number of fused-ring (bicyclic) bond motifs is 9. The maximum atomic E-state index is 6.75. The highest BCUT2D eigenvalue weighted by Gasteiger charge is 2.22. The van der Waals surface area contributed by atoms with Gasteiger partial charge in [0.15, 0.2) is 23.1 Å². The number of nitrogens with zero attached hydrogens (tertiary/aromatic N) is 4. The summed E-state index contributed by atoms with van der Waals surface area (Å²) in [5.74, 6) is 1.81. The lowest BCUT2D eigenvalue weighted by molar-refractivity contribution is 0.666. The first kappa shape index (κ1) is 31.5. The van der Waals surface area contributed by atoms with E-state index < -0.39 is 0 Å². The zero-order valence-corrected chi connectivity index (χ0v) is 30.4. The third kappa shape index (κ3) is 4.87. The Morgan fingerprint density at radius 2 is 0.895 bits per heavy atom. The van der Waals surface area contributed by atoms with E-state index in [0.29, 0.717) is 17.5 Å². The van der Waals surface area contributed by atoms with Crippen LogP contribution in [0, 0.1) is 0 Å². The molecule has 8 aromatic carbocycles. The molecular weight excluding hydrogens is 701 g/mol. The molecule has 0 atom stereocenters. The third-order valence-corrected chi connectivity index (χ3v) is 11.1. The highest BCUT2D eigenvalue weighted by molar-refractivity contribution is 6.19. The molecule has 12 aromatic rings. The highest BCUT2D eigenvalue weighted by Crippen LogP contribution is 2.44. The maximum absolute atomic E-state index is 6.75. The van der Waals surface area contributed by atoms with Crippen molar-refractivity contribution in [3.05, 3.63) is 182 Å². The summed E-state index contributed by atoms with van der Waals surface area (Å²) in [7, 11) is 0. The van der Waals surface area contributed by atoms with Gasteiger partial charge in [-0.1, -0.05) is 140 Å². The van der Waals surface area contributed by atoms with Crippen molar-refractivity contribution in [3.8, 4) is 51.0 Å². The van der Waals surface area contributed by atoms with Crippen LogP contribution < -0.4 is 0 Å². The molecule has 0 radical (unpaired) electrons. The molecule has 4 heterocycles. The topological polar surface area (TPSA) is 69.9 Å². The quantitative estimate of drug-likeness (QED) is 0.176. The molecule has 0 bridgehead atoms. The van der Waals surface area contributed by atoms with Gasteiger partial charge in [0.25, 0.3) is 0 Å². The Hall–Kier alpha value is -7.83. The summed E-state index contributed by atoms with van der Waals surface area (Å²) in [5.41, 5.74) is 11.4. The standard InChI is InChI=1S/C51H30N4O2/c1-3-14-31(15-4-1)49-52-50(32-16-5-2-6-17-32)54-51(53-49)38-22-13-27-45-47(38)46-34(20-12-26-44(46)56-45)33-28-29-43-39(30-33)37-21-11-25-42(48(37)57-43)55-40-23-9-7-18-35(40)36-19-8-10-24-41(36)55/h1-30H. The smallest absolute Gasteiger partial charge is 0.164 e. The maximum Gasteiger partial charge on any atom is 0.164 e. The van der Waals surface area contributed by atoms with Gasteiger partial charge in [0.2, 0.25) is 0 Å². The fourth-order valence-electron chi connectivity index (χ4n) is 8.53. The van der Waals surface area contributed by atoms with Gasteiger partial charge >= 0.3 is 0 Å². The molecule has 57 heavy (non-hydrogen) atoms. The van der Waals surface area contributed by atoms with Crippen molar-refractivity contribution in [2.45, 2.75) is 0 Å². The van der Waals surface area contributed by atoms with E-state index in [1.54, 1.807) is 0 Å². The van der Waals surface area contributed by atoms with Gasteiger partial charge in [-0.05, 0) is 53.6 Å². The number of hydrogen-bond donors (Lipinski definition) is 0. The van der Waals surface area contributed by atoms with Crippen molar-refractivity contribution < 1.29 is 8.83 Å². The number of furan rings is 2. The van der Waals surface area contributed by atoms with Gasteiger partial charge in [-0.2, -0.15) is 0 Å². The lowest BCUT2D eigenvalue weighted by Crippen LogP contribution is -2.00. The van der Waals surface area contributed by atoms with Crippen molar-refractivity contribution in [1.82, 2.24) is 19.5 Å². The molecule has 0 spiro atoms. The minimum atomic E-state index is 0.583. The van der Waals surface area contributed by atoms with Crippen LogP contribution in [-0.4, -0.2) is 19.5 Å². The van der Waals surface area contributed by atoms with Crippen LogP contribution in [0.15, 0.2) is 191 Å². The van der Waals surface area contributed by atoms with Crippen LogP contribution in [-0.2, 0) is 0 Å². The monoisotopic (exact) mass is 730 g/mol. The van der Waals surface area contributed by atoms with Crippen molar-refractivity contribution >= 4 is 65.7 Å². The Morgan fingerprint density at radius 3 is 1.56 bits per heavy atom. The summed E-state index contributed by atoms with van der Waals surface area (Å²) in [6.45, 7) is 0. The van der Waals surface area contributed by atoms with Gasteiger partial charge in [-0.3, -0.25) is 0 Å². The summed E-state index contributed by atoms with van der Waals surface area (Å²) < 4.78 is 15.7. The SMILES string of the molecule is c1ccc(-c2nc(-c3ccccc3)nc(-c3cccc4oc5cccc(-c6ccc7oc8c(-n9c%10ccccc%10c%10ccccc%109)cccc8c7c6)c5c34)n2)cc1. The van der Waals surface area contributed by atoms with Gasteiger partial charge in [-0.15, -0.1) is 0 Å². The van der Waals surface area contributed by atoms with E-state index in [0.717, 1.165) is 88.4 Å². The number of aromatic nitrogens is 4.